The van der Waals surface area contributed by atoms with Crippen molar-refractivity contribution in [2.75, 3.05) is 18.8 Å². The fraction of sp³-hybridized carbons (Fsp3) is 0.438. The molecule has 0 bridgehead atoms. The van der Waals surface area contributed by atoms with E-state index < -0.39 is 0 Å². The number of hydrogen-bond acceptors (Lipinski definition) is 4. The first-order valence-electron chi connectivity index (χ1n) is 7.19. The molecule has 0 spiro atoms. The van der Waals surface area contributed by atoms with E-state index in [0.717, 1.165) is 10.1 Å². The van der Waals surface area contributed by atoms with E-state index in [2.05, 4.69) is 6.07 Å². The maximum atomic E-state index is 12.8. The van der Waals surface area contributed by atoms with E-state index in [1.807, 2.05) is 37.8 Å². The van der Waals surface area contributed by atoms with Gasteiger partial charge in [-0.2, -0.15) is 0 Å². The summed E-state index contributed by atoms with van der Waals surface area (Å²) in [6.45, 7) is 7.27. The zero-order chi connectivity index (χ0) is 15.1. The van der Waals surface area contributed by atoms with E-state index in [9.17, 15) is 4.79 Å². The highest BCUT2D eigenvalue weighted by atomic mass is 32.1. The fourth-order valence-electron chi connectivity index (χ4n) is 2.87. The molecule has 2 atom stereocenters. The molecule has 1 aliphatic rings. The molecule has 112 valence electrons. The van der Waals surface area contributed by atoms with Crippen LogP contribution in [0.5, 0.6) is 0 Å². The highest BCUT2D eigenvalue weighted by Gasteiger charge is 2.29. The Bertz CT molecular complexity index is 685. The first kappa shape index (κ1) is 14.4. The Hall–Kier alpha value is -1.59. The molecule has 3 rings (SSSR count). The molecular formula is C16H20N2O2S. The molecule has 0 aliphatic carbocycles. The Labute approximate surface area is 128 Å². The van der Waals surface area contributed by atoms with Crippen molar-refractivity contribution < 1.29 is 9.53 Å². The van der Waals surface area contributed by atoms with Crippen molar-refractivity contribution in [2.45, 2.75) is 33.0 Å². The van der Waals surface area contributed by atoms with Crippen molar-refractivity contribution in [1.82, 2.24) is 4.90 Å². The van der Waals surface area contributed by atoms with Gasteiger partial charge < -0.3 is 15.4 Å². The van der Waals surface area contributed by atoms with Crippen LogP contribution in [0.2, 0.25) is 0 Å². The van der Waals surface area contributed by atoms with E-state index in [1.165, 1.54) is 16.9 Å². The van der Waals surface area contributed by atoms with Crippen LogP contribution >= 0.6 is 11.3 Å². The third-order valence-corrected chi connectivity index (χ3v) is 4.94. The maximum Gasteiger partial charge on any atom is 0.266 e. The maximum absolute atomic E-state index is 12.8. The predicted octanol–water partition coefficient (Wildman–Crippen LogP) is 3.04. The van der Waals surface area contributed by atoms with Crippen molar-refractivity contribution >= 4 is 33.0 Å². The average Bonchev–Trinajstić information content (AvgIpc) is 2.73. The Morgan fingerprint density at radius 2 is 2.00 bits per heavy atom. The summed E-state index contributed by atoms with van der Waals surface area (Å²) in [6.07, 6.45) is 0.131. The van der Waals surface area contributed by atoms with Gasteiger partial charge >= 0.3 is 0 Å². The first-order chi connectivity index (χ1) is 9.95. The summed E-state index contributed by atoms with van der Waals surface area (Å²) in [4.78, 5) is 15.3. The zero-order valence-electron chi connectivity index (χ0n) is 12.6. The number of nitrogens with two attached hydrogens (primary N) is 1. The number of ether oxygens (including phenoxy) is 1. The highest BCUT2D eigenvalue weighted by molar-refractivity contribution is 7.21. The molecule has 1 saturated heterocycles. The van der Waals surface area contributed by atoms with Gasteiger partial charge in [0.1, 0.15) is 4.88 Å². The summed E-state index contributed by atoms with van der Waals surface area (Å²) in [7, 11) is 0. The summed E-state index contributed by atoms with van der Waals surface area (Å²) in [6, 6.07) is 6.11. The molecule has 21 heavy (non-hydrogen) atoms. The Kier molecular flexibility index (Phi) is 3.63. The van der Waals surface area contributed by atoms with E-state index >= 15 is 0 Å². The minimum atomic E-state index is 0.0216. The summed E-state index contributed by atoms with van der Waals surface area (Å²) in [5.74, 6) is 0.0216. The van der Waals surface area contributed by atoms with Gasteiger partial charge in [-0.15, -0.1) is 11.3 Å². The predicted molar refractivity (Wildman–Crippen MR) is 86.9 cm³/mol. The molecule has 2 N–H and O–H groups in total. The number of morpholine rings is 1. The third kappa shape index (κ3) is 2.63. The van der Waals surface area contributed by atoms with E-state index in [4.69, 9.17) is 10.5 Å². The topological polar surface area (TPSA) is 55.6 Å². The molecule has 0 saturated carbocycles. The first-order valence-corrected chi connectivity index (χ1v) is 8.00. The van der Waals surface area contributed by atoms with Gasteiger partial charge in [0.15, 0.2) is 0 Å². The summed E-state index contributed by atoms with van der Waals surface area (Å²) >= 11 is 1.49. The normalized spacial score (nSPS) is 22.7. The van der Waals surface area contributed by atoms with Crippen LogP contribution in [0.1, 0.15) is 29.1 Å². The number of carbonyl (C=O) groups excluding carboxylic acids is 1. The van der Waals surface area contributed by atoms with Crippen LogP contribution in [0, 0.1) is 6.92 Å². The molecule has 4 nitrogen and oxygen atoms in total. The summed E-state index contributed by atoms with van der Waals surface area (Å²) in [5, 5.41) is 0.975. The van der Waals surface area contributed by atoms with E-state index in [-0.39, 0.29) is 18.1 Å². The van der Waals surface area contributed by atoms with Crippen LogP contribution in [-0.4, -0.2) is 36.1 Å². The quantitative estimate of drug-likeness (QED) is 0.881. The van der Waals surface area contributed by atoms with Crippen molar-refractivity contribution in [2.24, 2.45) is 0 Å². The van der Waals surface area contributed by atoms with Gasteiger partial charge in [-0.1, -0.05) is 12.1 Å². The number of nitrogens with zero attached hydrogens (tertiary/aromatic N) is 1. The van der Waals surface area contributed by atoms with Crippen LogP contribution in [0.15, 0.2) is 18.2 Å². The lowest BCUT2D eigenvalue weighted by Crippen LogP contribution is -2.48. The van der Waals surface area contributed by atoms with Gasteiger partial charge in [0.2, 0.25) is 0 Å². The minimum Gasteiger partial charge on any atom is -0.397 e. The summed E-state index contributed by atoms with van der Waals surface area (Å²) < 4.78 is 6.76. The summed E-state index contributed by atoms with van der Waals surface area (Å²) in [5.41, 5.74) is 7.98. The molecule has 1 aromatic carbocycles. The molecule has 1 fully saturated rings. The lowest BCUT2D eigenvalue weighted by Gasteiger charge is -2.35. The van der Waals surface area contributed by atoms with E-state index in [0.29, 0.717) is 23.7 Å². The van der Waals surface area contributed by atoms with Crippen molar-refractivity contribution in [1.29, 1.82) is 0 Å². The number of benzene rings is 1. The molecular weight excluding hydrogens is 284 g/mol. The molecule has 2 aromatic rings. The zero-order valence-corrected chi connectivity index (χ0v) is 13.4. The molecule has 0 radical (unpaired) electrons. The molecule has 1 amide bonds. The van der Waals surface area contributed by atoms with E-state index in [1.54, 1.807) is 0 Å². The molecule has 1 aromatic heterocycles. The van der Waals surface area contributed by atoms with Crippen molar-refractivity contribution in [3.8, 4) is 0 Å². The number of rotatable bonds is 1. The molecule has 2 heterocycles. The number of thiophene rings is 1. The minimum absolute atomic E-state index is 0.0216. The monoisotopic (exact) mass is 304 g/mol. The Morgan fingerprint density at radius 3 is 2.67 bits per heavy atom. The fourth-order valence-corrected chi connectivity index (χ4v) is 4.06. The SMILES string of the molecule is Cc1ccc2c(N)c(C(=O)N3CC(C)OC(C)C3)sc2c1. The number of anilines is 1. The van der Waals surface area contributed by atoms with Crippen molar-refractivity contribution in [3.05, 3.63) is 28.6 Å². The number of amides is 1. The van der Waals surface area contributed by atoms with Crippen LogP contribution in [0.25, 0.3) is 10.1 Å². The second-order valence-corrected chi connectivity index (χ2v) is 6.86. The smallest absolute Gasteiger partial charge is 0.266 e. The van der Waals surface area contributed by atoms with Crippen molar-refractivity contribution in [3.63, 3.8) is 0 Å². The molecule has 5 heteroatoms. The lowest BCUT2D eigenvalue weighted by atomic mass is 10.1. The Morgan fingerprint density at radius 1 is 1.33 bits per heavy atom. The number of fused-ring (bicyclic) bond motifs is 1. The van der Waals surface area contributed by atoms with Gasteiger partial charge in [-0.25, -0.2) is 0 Å². The van der Waals surface area contributed by atoms with Gasteiger partial charge in [0.05, 0.1) is 17.9 Å². The van der Waals surface area contributed by atoms with Gasteiger partial charge in [-0.05, 0) is 32.4 Å². The van der Waals surface area contributed by atoms with Crippen LogP contribution in [-0.2, 0) is 4.74 Å². The largest absolute Gasteiger partial charge is 0.397 e. The lowest BCUT2D eigenvalue weighted by molar-refractivity contribution is -0.0584. The number of hydrogen-bond donors (Lipinski definition) is 1. The van der Waals surface area contributed by atoms with Crippen LogP contribution < -0.4 is 5.73 Å². The third-order valence-electron chi connectivity index (χ3n) is 3.78. The Balaban J connectivity index is 1.96. The second-order valence-electron chi connectivity index (χ2n) is 5.81. The number of carbonyl (C=O) groups is 1. The molecule has 2 unspecified atom stereocenters. The van der Waals surface area contributed by atoms with Gasteiger partial charge in [0, 0.05) is 23.2 Å². The highest BCUT2D eigenvalue weighted by Crippen LogP contribution is 2.35. The average molecular weight is 304 g/mol. The van der Waals surface area contributed by atoms with Gasteiger partial charge in [-0.3, -0.25) is 4.79 Å². The molecule has 1 aliphatic heterocycles. The number of aryl methyl sites for hydroxylation is 1. The standard InChI is InChI=1S/C16H20N2O2S/c1-9-4-5-12-13(6-9)21-15(14(12)17)16(19)18-7-10(2)20-11(3)8-18/h4-6,10-11H,7-8,17H2,1-3H3. The number of nitrogen functional groups attached to an aromatic ring is 1. The second kappa shape index (κ2) is 5.31. The van der Waals surface area contributed by atoms with Crippen LogP contribution in [0.3, 0.4) is 0 Å². The van der Waals surface area contributed by atoms with Crippen LogP contribution in [0.4, 0.5) is 5.69 Å². The van der Waals surface area contributed by atoms with Gasteiger partial charge in [0.25, 0.3) is 5.91 Å².